The Kier molecular flexibility index (Phi) is 5.63. The molecule has 0 N–H and O–H groups in total. The van der Waals surface area contributed by atoms with Crippen molar-refractivity contribution >= 4 is 11.8 Å². The Morgan fingerprint density at radius 3 is 2.62 bits per heavy atom. The second-order valence-electron chi connectivity index (χ2n) is 6.26. The molecule has 0 atom stereocenters. The monoisotopic (exact) mass is 402 g/mol. The summed E-state index contributed by atoms with van der Waals surface area (Å²) in [7, 11) is 1.64. The van der Waals surface area contributed by atoms with Gasteiger partial charge >= 0.3 is 0 Å². The van der Waals surface area contributed by atoms with Crippen LogP contribution in [0.2, 0.25) is 0 Å². The van der Waals surface area contributed by atoms with Gasteiger partial charge in [0.1, 0.15) is 11.5 Å². The maximum Gasteiger partial charge on any atom is 0.192 e. The molecule has 2 aromatic heterocycles. The molecule has 0 radical (unpaired) electrons. The molecule has 144 valence electrons. The van der Waals surface area contributed by atoms with Crippen LogP contribution in [0.15, 0.2) is 76.5 Å². The molecule has 7 heteroatoms. The van der Waals surface area contributed by atoms with Crippen LogP contribution in [-0.2, 0) is 12.3 Å². The predicted octanol–water partition coefficient (Wildman–Crippen LogP) is 4.76. The Hall–Kier alpha value is -3.50. The lowest BCUT2D eigenvalue weighted by Crippen LogP contribution is -2.03. The van der Waals surface area contributed by atoms with Gasteiger partial charge in [0.25, 0.3) is 0 Å². The first kappa shape index (κ1) is 18.8. The van der Waals surface area contributed by atoms with Crippen molar-refractivity contribution in [3.8, 4) is 23.2 Å². The zero-order valence-electron chi connectivity index (χ0n) is 15.8. The van der Waals surface area contributed by atoms with Crippen LogP contribution in [0.3, 0.4) is 0 Å². The van der Waals surface area contributed by atoms with E-state index in [1.54, 1.807) is 25.1 Å². The number of aromatic nitrogens is 3. The summed E-state index contributed by atoms with van der Waals surface area (Å²) in [4.78, 5) is 0. The van der Waals surface area contributed by atoms with Crippen LogP contribution < -0.4 is 4.74 Å². The SMILES string of the molecule is COc1ccc(-c2nnc(SCc3ccccc3C#N)n2Cc2ccco2)cc1. The largest absolute Gasteiger partial charge is 0.497 e. The van der Waals surface area contributed by atoms with Crippen molar-refractivity contribution in [2.75, 3.05) is 7.11 Å². The van der Waals surface area contributed by atoms with Gasteiger partial charge in [-0.1, -0.05) is 30.0 Å². The first-order chi connectivity index (χ1) is 14.3. The van der Waals surface area contributed by atoms with E-state index in [1.165, 1.54) is 0 Å². The van der Waals surface area contributed by atoms with Gasteiger partial charge in [0.05, 0.1) is 31.6 Å². The van der Waals surface area contributed by atoms with Crippen LogP contribution in [0, 0.1) is 11.3 Å². The second kappa shape index (κ2) is 8.67. The first-order valence-electron chi connectivity index (χ1n) is 8.99. The number of methoxy groups -OCH3 is 1. The average Bonchev–Trinajstić information content (AvgIpc) is 3.43. The van der Waals surface area contributed by atoms with E-state index in [0.717, 1.165) is 33.6 Å². The van der Waals surface area contributed by atoms with Gasteiger partial charge in [0.2, 0.25) is 0 Å². The Morgan fingerprint density at radius 2 is 1.90 bits per heavy atom. The third-order valence-electron chi connectivity index (χ3n) is 4.45. The van der Waals surface area contributed by atoms with E-state index < -0.39 is 0 Å². The number of rotatable bonds is 7. The Labute approximate surface area is 172 Å². The molecule has 0 aliphatic rings. The van der Waals surface area contributed by atoms with Crippen LogP contribution in [0.25, 0.3) is 11.4 Å². The Balaban J connectivity index is 1.66. The van der Waals surface area contributed by atoms with Crippen LogP contribution in [-0.4, -0.2) is 21.9 Å². The fourth-order valence-electron chi connectivity index (χ4n) is 2.95. The van der Waals surface area contributed by atoms with Gasteiger partial charge in [-0.15, -0.1) is 10.2 Å². The number of ether oxygens (including phenoxy) is 1. The Morgan fingerprint density at radius 1 is 1.07 bits per heavy atom. The number of thioether (sulfide) groups is 1. The molecule has 6 nitrogen and oxygen atoms in total. The highest BCUT2D eigenvalue weighted by Gasteiger charge is 2.16. The van der Waals surface area contributed by atoms with E-state index in [2.05, 4.69) is 16.3 Å². The second-order valence-corrected chi connectivity index (χ2v) is 7.20. The van der Waals surface area contributed by atoms with Crippen molar-refractivity contribution in [1.29, 1.82) is 5.26 Å². The maximum absolute atomic E-state index is 9.32. The van der Waals surface area contributed by atoms with Gasteiger partial charge in [-0.3, -0.25) is 4.57 Å². The van der Waals surface area contributed by atoms with Gasteiger partial charge in [-0.25, -0.2) is 0 Å². The number of hydrogen-bond acceptors (Lipinski definition) is 6. The molecule has 0 aliphatic carbocycles. The highest BCUT2D eigenvalue weighted by atomic mass is 32.2. The lowest BCUT2D eigenvalue weighted by Gasteiger charge is -2.10. The smallest absolute Gasteiger partial charge is 0.192 e. The zero-order valence-corrected chi connectivity index (χ0v) is 16.6. The normalized spacial score (nSPS) is 10.6. The van der Waals surface area contributed by atoms with E-state index in [4.69, 9.17) is 9.15 Å². The van der Waals surface area contributed by atoms with E-state index in [0.29, 0.717) is 17.9 Å². The molecule has 0 bridgehead atoms. The number of nitrogens with zero attached hydrogens (tertiary/aromatic N) is 4. The molecule has 0 amide bonds. The first-order valence-corrected chi connectivity index (χ1v) is 9.98. The minimum atomic E-state index is 0.517. The summed E-state index contributed by atoms with van der Waals surface area (Å²) in [6.45, 7) is 0.517. The molecule has 0 fully saturated rings. The molecule has 0 spiro atoms. The molecule has 0 aliphatic heterocycles. The highest BCUT2D eigenvalue weighted by Crippen LogP contribution is 2.29. The van der Waals surface area contributed by atoms with Crippen molar-refractivity contribution in [3.05, 3.63) is 83.8 Å². The van der Waals surface area contributed by atoms with Crippen LogP contribution in [0.1, 0.15) is 16.9 Å². The van der Waals surface area contributed by atoms with E-state index in [1.807, 2.05) is 65.2 Å². The Bertz CT molecular complexity index is 1130. The maximum atomic E-state index is 9.32. The summed E-state index contributed by atoms with van der Waals surface area (Å²) in [5.41, 5.74) is 2.58. The third kappa shape index (κ3) is 4.18. The van der Waals surface area contributed by atoms with Crippen LogP contribution >= 0.6 is 11.8 Å². The van der Waals surface area contributed by atoms with Crippen molar-refractivity contribution in [3.63, 3.8) is 0 Å². The van der Waals surface area contributed by atoms with E-state index >= 15 is 0 Å². The average molecular weight is 402 g/mol. The number of benzene rings is 2. The van der Waals surface area contributed by atoms with Gasteiger partial charge in [-0.05, 0) is 48.0 Å². The summed E-state index contributed by atoms with van der Waals surface area (Å²) < 4.78 is 12.8. The molecule has 0 saturated heterocycles. The minimum absolute atomic E-state index is 0.517. The summed E-state index contributed by atoms with van der Waals surface area (Å²) in [5, 5.41) is 18.9. The summed E-state index contributed by atoms with van der Waals surface area (Å²) >= 11 is 1.55. The lowest BCUT2D eigenvalue weighted by atomic mass is 10.1. The molecular weight excluding hydrogens is 384 g/mol. The highest BCUT2D eigenvalue weighted by molar-refractivity contribution is 7.98. The number of hydrogen-bond donors (Lipinski definition) is 0. The molecular formula is C22H18N4O2S. The fraction of sp³-hybridized carbons (Fsp3) is 0.136. The molecule has 4 aromatic rings. The molecule has 0 saturated carbocycles. The molecule has 0 unspecified atom stereocenters. The van der Waals surface area contributed by atoms with Crippen molar-refractivity contribution in [1.82, 2.24) is 14.8 Å². The van der Waals surface area contributed by atoms with Crippen molar-refractivity contribution in [2.45, 2.75) is 17.5 Å². The van der Waals surface area contributed by atoms with Gasteiger partial charge < -0.3 is 9.15 Å². The van der Waals surface area contributed by atoms with Crippen LogP contribution in [0.5, 0.6) is 5.75 Å². The summed E-state index contributed by atoms with van der Waals surface area (Å²) in [5.74, 6) is 2.98. The topological polar surface area (TPSA) is 76.9 Å². The standard InChI is InChI=1S/C22H18N4O2S/c1-27-19-10-8-16(9-11-19)21-24-25-22(26(21)14-20-7-4-12-28-20)29-15-18-6-3-2-5-17(18)13-23/h2-12H,14-15H2,1H3. The molecule has 2 aromatic carbocycles. The minimum Gasteiger partial charge on any atom is -0.497 e. The summed E-state index contributed by atoms with van der Waals surface area (Å²) in [6.07, 6.45) is 1.66. The van der Waals surface area contributed by atoms with E-state index in [-0.39, 0.29) is 0 Å². The zero-order chi connectivity index (χ0) is 20.1. The number of furan rings is 1. The van der Waals surface area contributed by atoms with Gasteiger partial charge in [0.15, 0.2) is 11.0 Å². The fourth-order valence-corrected chi connectivity index (χ4v) is 3.89. The quantitative estimate of drug-likeness (QED) is 0.415. The molecule has 2 heterocycles. The van der Waals surface area contributed by atoms with E-state index in [9.17, 15) is 5.26 Å². The third-order valence-corrected chi connectivity index (χ3v) is 5.47. The predicted molar refractivity (Wildman–Crippen MR) is 111 cm³/mol. The lowest BCUT2D eigenvalue weighted by molar-refractivity contribution is 0.415. The van der Waals surface area contributed by atoms with Gasteiger partial charge in [0, 0.05) is 11.3 Å². The molecule has 29 heavy (non-hydrogen) atoms. The van der Waals surface area contributed by atoms with Crippen molar-refractivity contribution in [2.24, 2.45) is 0 Å². The van der Waals surface area contributed by atoms with Crippen molar-refractivity contribution < 1.29 is 9.15 Å². The van der Waals surface area contributed by atoms with Gasteiger partial charge in [-0.2, -0.15) is 5.26 Å². The number of nitriles is 1. The van der Waals surface area contributed by atoms with Crippen LogP contribution in [0.4, 0.5) is 0 Å². The summed E-state index contributed by atoms with van der Waals surface area (Å²) in [6, 6.07) is 21.3. The molecule has 4 rings (SSSR count).